The summed E-state index contributed by atoms with van der Waals surface area (Å²) in [7, 11) is 1.57. The third-order valence-corrected chi connectivity index (χ3v) is 6.46. The molecule has 0 radical (unpaired) electrons. The van der Waals surface area contributed by atoms with Crippen LogP contribution in [0.15, 0.2) is 47.5 Å². The first kappa shape index (κ1) is 21.9. The van der Waals surface area contributed by atoms with E-state index in [2.05, 4.69) is 5.32 Å². The molecule has 0 bridgehead atoms. The minimum Gasteiger partial charge on any atom is -0.497 e. The van der Waals surface area contributed by atoms with Gasteiger partial charge < -0.3 is 19.7 Å². The van der Waals surface area contributed by atoms with E-state index in [0.717, 1.165) is 4.88 Å². The summed E-state index contributed by atoms with van der Waals surface area (Å²) in [5.41, 5.74) is 1.30. The summed E-state index contributed by atoms with van der Waals surface area (Å²) in [6.07, 6.45) is 0.670. The topological polar surface area (TPSA) is 88.2 Å². The van der Waals surface area contributed by atoms with Crippen molar-refractivity contribution in [3.05, 3.63) is 52.4 Å². The number of nitrogens with one attached hydrogen (secondary N) is 1. The van der Waals surface area contributed by atoms with Crippen molar-refractivity contribution in [1.29, 1.82) is 0 Å². The van der Waals surface area contributed by atoms with Crippen molar-refractivity contribution < 1.29 is 23.9 Å². The molecule has 1 saturated heterocycles. The van der Waals surface area contributed by atoms with Crippen molar-refractivity contribution in [3.63, 3.8) is 0 Å². The average molecular weight is 456 g/mol. The monoisotopic (exact) mass is 455 g/mol. The Bertz CT molecular complexity index is 1040. The fourth-order valence-electron chi connectivity index (χ4n) is 4.01. The summed E-state index contributed by atoms with van der Waals surface area (Å²) in [4.78, 5) is 42.6. The zero-order valence-corrected chi connectivity index (χ0v) is 18.8. The number of piperidine rings is 1. The van der Waals surface area contributed by atoms with Crippen LogP contribution in [0.5, 0.6) is 5.75 Å². The van der Waals surface area contributed by atoms with Crippen LogP contribution in [0.2, 0.25) is 0 Å². The first-order valence-electron chi connectivity index (χ1n) is 10.5. The van der Waals surface area contributed by atoms with E-state index in [9.17, 15) is 14.4 Å². The highest BCUT2D eigenvalue weighted by Crippen LogP contribution is 2.36. The lowest BCUT2D eigenvalue weighted by molar-refractivity contribution is -0.140. The quantitative estimate of drug-likeness (QED) is 0.670. The average Bonchev–Trinajstić information content (AvgIpc) is 3.41. The van der Waals surface area contributed by atoms with Crippen molar-refractivity contribution in [2.45, 2.75) is 25.8 Å². The molecule has 2 aliphatic rings. The SMILES string of the molecule is CCOC(=O)N1CCC(N2C(=O)C(Nc3cccc(OC)c3)=C(c3cccs3)C2=O)CC1. The van der Waals surface area contributed by atoms with E-state index in [1.165, 1.54) is 16.2 Å². The Hall–Kier alpha value is -3.33. The molecule has 0 unspecified atom stereocenters. The molecule has 1 aromatic heterocycles. The maximum atomic E-state index is 13.5. The van der Waals surface area contributed by atoms with Gasteiger partial charge in [0.25, 0.3) is 11.8 Å². The minimum absolute atomic E-state index is 0.263. The van der Waals surface area contributed by atoms with E-state index < -0.39 is 0 Å². The van der Waals surface area contributed by atoms with Crippen molar-refractivity contribution >= 4 is 40.5 Å². The standard InChI is InChI=1S/C23H25N3O5S/c1-3-31-23(29)25-11-9-16(10-12-25)26-21(27)19(18-8-5-13-32-18)20(22(26)28)24-15-6-4-7-17(14-15)30-2/h4-8,13-14,16,24H,3,9-12H2,1-2H3. The number of anilines is 1. The molecule has 3 amide bonds. The second-order valence-corrected chi connectivity index (χ2v) is 8.43. The number of ether oxygens (including phenoxy) is 2. The molecule has 1 N–H and O–H groups in total. The molecule has 8 nitrogen and oxygen atoms in total. The van der Waals surface area contributed by atoms with E-state index >= 15 is 0 Å². The molecular weight excluding hydrogens is 430 g/mol. The Balaban J connectivity index is 1.58. The number of imide groups is 1. The van der Waals surface area contributed by atoms with E-state index in [1.807, 2.05) is 35.7 Å². The summed E-state index contributed by atoms with van der Waals surface area (Å²) in [5, 5.41) is 5.04. The van der Waals surface area contributed by atoms with Crippen LogP contribution in [0.3, 0.4) is 0 Å². The van der Waals surface area contributed by atoms with Crippen LogP contribution in [0.1, 0.15) is 24.6 Å². The van der Waals surface area contributed by atoms with E-state index in [0.29, 0.717) is 49.5 Å². The van der Waals surface area contributed by atoms with Crippen LogP contribution < -0.4 is 10.1 Å². The van der Waals surface area contributed by atoms with Crippen molar-refractivity contribution in [1.82, 2.24) is 9.80 Å². The van der Waals surface area contributed by atoms with Crippen molar-refractivity contribution in [3.8, 4) is 5.75 Å². The number of carbonyl (C=O) groups is 3. The molecule has 0 atom stereocenters. The maximum Gasteiger partial charge on any atom is 0.409 e. The Morgan fingerprint density at radius 3 is 2.59 bits per heavy atom. The second kappa shape index (κ2) is 9.44. The summed E-state index contributed by atoms with van der Waals surface area (Å²) in [5.74, 6) is -0.0125. The number of carbonyl (C=O) groups excluding carboxylic acids is 3. The lowest BCUT2D eigenvalue weighted by Crippen LogP contribution is -2.49. The fraction of sp³-hybridized carbons (Fsp3) is 0.348. The van der Waals surface area contributed by atoms with Gasteiger partial charge in [-0.05, 0) is 43.3 Å². The highest BCUT2D eigenvalue weighted by molar-refractivity contribution is 7.11. The van der Waals surface area contributed by atoms with Crippen LogP contribution in [0.4, 0.5) is 10.5 Å². The smallest absolute Gasteiger partial charge is 0.409 e. The number of rotatable bonds is 6. The Labute approximate surface area is 190 Å². The second-order valence-electron chi connectivity index (χ2n) is 7.48. The molecule has 0 spiro atoms. The Morgan fingerprint density at radius 2 is 1.94 bits per heavy atom. The minimum atomic E-state index is -0.359. The lowest BCUT2D eigenvalue weighted by Gasteiger charge is -2.35. The van der Waals surface area contributed by atoms with Gasteiger partial charge in [0.15, 0.2) is 0 Å². The molecule has 168 valence electrons. The zero-order chi connectivity index (χ0) is 22.7. The van der Waals surface area contributed by atoms with Gasteiger partial charge in [0.1, 0.15) is 11.4 Å². The number of thiophene rings is 1. The number of nitrogens with zero attached hydrogens (tertiary/aromatic N) is 2. The lowest BCUT2D eigenvalue weighted by atomic mass is 10.0. The third-order valence-electron chi connectivity index (χ3n) is 5.58. The molecule has 1 fully saturated rings. The van der Waals surface area contributed by atoms with Gasteiger partial charge in [-0.3, -0.25) is 14.5 Å². The van der Waals surface area contributed by atoms with Gasteiger partial charge in [0.2, 0.25) is 0 Å². The van der Waals surface area contributed by atoms with E-state index in [-0.39, 0.29) is 29.6 Å². The first-order valence-corrected chi connectivity index (χ1v) is 11.4. The van der Waals surface area contributed by atoms with Gasteiger partial charge in [0.05, 0.1) is 19.3 Å². The first-order chi connectivity index (χ1) is 15.5. The van der Waals surface area contributed by atoms with Gasteiger partial charge in [-0.2, -0.15) is 0 Å². The predicted octanol–water partition coefficient (Wildman–Crippen LogP) is 3.57. The molecule has 3 heterocycles. The van der Waals surface area contributed by atoms with E-state index in [1.54, 1.807) is 25.0 Å². The number of hydrogen-bond acceptors (Lipinski definition) is 7. The number of methoxy groups -OCH3 is 1. The fourth-order valence-corrected chi connectivity index (χ4v) is 4.78. The number of hydrogen-bond donors (Lipinski definition) is 1. The molecule has 1 aromatic carbocycles. The molecular formula is C23H25N3O5S. The molecule has 32 heavy (non-hydrogen) atoms. The number of benzene rings is 1. The van der Waals surface area contributed by atoms with E-state index in [4.69, 9.17) is 9.47 Å². The summed E-state index contributed by atoms with van der Waals surface area (Å²) in [6.45, 7) is 2.96. The summed E-state index contributed by atoms with van der Waals surface area (Å²) >= 11 is 1.41. The molecule has 0 aliphatic carbocycles. The molecule has 9 heteroatoms. The van der Waals surface area contributed by atoms with Gasteiger partial charge in [-0.15, -0.1) is 11.3 Å². The highest BCUT2D eigenvalue weighted by Gasteiger charge is 2.44. The Morgan fingerprint density at radius 1 is 1.16 bits per heavy atom. The van der Waals surface area contributed by atoms with Crippen molar-refractivity contribution in [2.75, 3.05) is 32.1 Å². The van der Waals surface area contributed by atoms with Gasteiger partial charge in [0, 0.05) is 35.8 Å². The molecule has 2 aromatic rings. The van der Waals surface area contributed by atoms with Crippen molar-refractivity contribution in [2.24, 2.45) is 0 Å². The Kier molecular flexibility index (Phi) is 6.45. The van der Waals surface area contributed by atoms with Crippen LogP contribution in [-0.4, -0.2) is 60.6 Å². The largest absolute Gasteiger partial charge is 0.497 e. The highest BCUT2D eigenvalue weighted by atomic mass is 32.1. The number of likely N-dealkylation sites (tertiary alicyclic amines) is 1. The van der Waals surface area contributed by atoms with Gasteiger partial charge in [-0.25, -0.2) is 4.79 Å². The maximum absolute atomic E-state index is 13.5. The predicted molar refractivity (Wildman–Crippen MR) is 121 cm³/mol. The number of amides is 3. The normalized spacial score (nSPS) is 17.2. The molecule has 0 saturated carbocycles. The summed E-state index contributed by atoms with van der Waals surface area (Å²) < 4.78 is 10.3. The third kappa shape index (κ3) is 4.20. The molecule has 4 rings (SSSR count). The van der Waals surface area contributed by atoms with Crippen LogP contribution in [0, 0.1) is 0 Å². The van der Waals surface area contributed by atoms with Crippen LogP contribution in [-0.2, 0) is 14.3 Å². The summed E-state index contributed by atoms with van der Waals surface area (Å²) in [6, 6.07) is 10.6. The van der Waals surface area contributed by atoms with Gasteiger partial charge >= 0.3 is 6.09 Å². The molecule has 2 aliphatic heterocycles. The van der Waals surface area contributed by atoms with Crippen LogP contribution in [0.25, 0.3) is 5.57 Å². The van der Waals surface area contributed by atoms with Crippen LogP contribution >= 0.6 is 11.3 Å². The zero-order valence-electron chi connectivity index (χ0n) is 18.0. The van der Waals surface area contributed by atoms with Gasteiger partial charge in [-0.1, -0.05) is 12.1 Å².